The lowest BCUT2D eigenvalue weighted by molar-refractivity contribution is -0.111. The fourth-order valence-corrected chi connectivity index (χ4v) is 2.30. The average Bonchev–Trinajstić information content (AvgIpc) is 2.52. The molecule has 22 heavy (non-hydrogen) atoms. The summed E-state index contributed by atoms with van der Waals surface area (Å²) in [5.74, 6) is 0.620. The molecule has 0 spiro atoms. The smallest absolute Gasteiger partial charge is 0.248 e. The Kier molecular flexibility index (Phi) is 6.21. The van der Waals surface area contributed by atoms with Crippen molar-refractivity contribution in [1.82, 2.24) is 0 Å². The molecule has 0 saturated heterocycles. The number of carbonyl (C=O) groups is 1. The fourth-order valence-electron chi connectivity index (χ4n) is 1.75. The van der Waals surface area contributed by atoms with Gasteiger partial charge in [0.25, 0.3) is 0 Å². The van der Waals surface area contributed by atoms with Gasteiger partial charge in [-0.25, -0.2) is 0 Å². The summed E-state index contributed by atoms with van der Waals surface area (Å²) < 4.78 is 6.48. The van der Waals surface area contributed by atoms with Gasteiger partial charge in [0, 0.05) is 15.3 Å². The highest BCUT2D eigenvalue weighted by Gasteiger charge is 1.98. The number of anilines is 1. The molecule has 2 rings (SSSR count). The number of hydrogen-bond donors (Lipinski definition) is 1. The molecule has 0 atom stereocenters. The van der Waals surface area contributed by atoms with Gasteiger partial charge in [-0.05, 0) is 64.6 Å². The average molecular weight is 405 g/mol. The van der Waals surface area contributed by atoms with Crippen molar-refractivity contribution in [3.8, 4) is 5.75 Å². The van der Waals surface area contributed by atoms with Gasteiger partial charge in [-0.15, -0.1) is 0 Å². The van der Waals surface area contributed by atoms with E-state index in [1.807, 2.05) is 48.5 Å². The molecule has 0 heterocycles. The van der Waals surface area contributed by atoms with Crippen LogP contribution in [0.3, 0.4) is 0 Å². The first-order valence-corrected chi connectivity index (χ1v) is 7.83. The van der Waals surface area contributed by atoms with Crippen molar-refractivity contribution in [3.05, 3.63) is 76.4 Å². The van der Waals surface area contributed by atoms with E-state index in [0.29, 0.717) is 6.61 Å². The van der Waals surface area contributed by atoms with Crippen LogP contribution >= 0.6 is 22.6 Å². The lowest BCUT2D eigenvalue weighted by Gasteiger charge is -2.03. The summed E-state index contributed by atoms with van der Waals surface area (Å²) in [4.78, 5) is 11.9. The van der Waals surface area contributed by atoms with Crippen molar-refractivity contribution in [1.29, 1.82) is 0 Å². The van der Waals surface area contributed by atoms with Gasteiger partial charge in [-0.3, -0.25) is 4.79 Å². The Hall–Kier alpha value is -2.08. The first kappa shape index (κ1) is 16.3. The van der Waals surface area contributed by atoms with E-state index in [9.17, 15) is 4.79 Å². The Morgan fingerprint density at radius 3 is 2.68 bits per heavy atom. The van der Waals surface area contributed by atoms with Crippen LogP contribution in [0.15, 0.2) is 67.3 Å². The van der Waals surface area contributed by atoms with Gasteiger partial charge in [0.1, 0.15) is 12.4 Å². The van der Waals surface area contributed by atoms with Crippen molar-refractivity contribution in [2.75, 3.05) is 11.9 Å². The van der Waals surface area contributed by atoms with E-state index >= 15 is 0 Å². The largest absolute Gasteiger partial charge is 0.490 e. The van der Waals surface area contributed by atoms with Gasteiger partial charge in [0.05, 0.1) is 0 Å². The number of halogens is 1. The van der Waals surface area contributed by atoms with Crippen LogP contribution in [-0.4, -0.2) is 12.5 Å². The van der Waals surface area contributed by atoms with Crippen molar-refractivity contribution >= 4 is 40.3 Å². The molecule has 0 unspecified atom stereocenters. The summed E-state index contributed by atoms with van der Waals surface area (Å²) >= 11 is 2.21. The Bertz CT molecular complexity index is 678. The minimum atomic E-state index is -0.158. The third kappa shape index (κ3) is 5.37. The summed E-state index contributed by atoms with van der Waals surface area (Å²) in [5, 5.41) is 2.83. The molecule has 0 bridgehead atoms. The van der Waals surface area contributed by atoms with E-state index < -0.39 is 0 Å². The van der Waals surface area contributed by atoms with E-state index in [4.69, 9.17) is 4.74 Å². The molecular formula is C18H16INO2. The van der Waals surface area contributed by atoms with Crippen LogP contribution in [0.1, 0.15) is 5.56 Å². The molecule has 112 valence electrons. The first-order valence-electron chi connectivity index (χ1n) is 6.76. The molecule has 0 saturated carbocycles. The van der Waals surface area contributed by atoms with Gasteiger partial charge in [-0.2, -0.15) is 0 Å². The molecule has 0 aliphatic rings. The van der Waals surface area contributed by atoms with Crippen LogP contribution in [0.4, 0.5) is 5.69 Å². The van der Waals surface area contributed by atoms with Crippen molar-refractivity contribution in [2.45, 2.75) is 0 Å². The van der Waals surface area contributed by atoms with E-state index in [1.54, 1.807) is 12.2 Å². The molecule has 0 aromatic heterocycles. The molecule has 0 radical (unpaired) electrons. The number of benzene rings is 2. The summed E-state index contributed by atoms with van der Waals surface area (Å²) in [7, 11) is 0. The Morgan fingerprint density at radius 1 is 1.23 bits per heavy atom. The number of ether oxygens (including phenoxy) is 1. The van der Waals surface area contributed by atoms with Crippen LogP contribution in [0, 0.1) is 3.57 Å². The third-order valence-corrected chi connectivity index (χ3v) is 3.44. The number of hydrogen-bond acceptors (Lipinski definition) is 2. The van der Waals surface area contributed by atoms with E-state index in [2.05, 4.69) is 34.5 Å². The van der Waals surface area contributed by atoms with Gasteiger partial charge < -0.3 is 10.1 Å². The lowest BCUT2D eigenvalue weighted by atomic mass is 10.2. The summed E-state index contributed by atoms with van der Waals surface area (Å²) in [6.45, 7) is 4.08. The van der Waals surface area contributed by atoms with E-state index in [-0.39, 0.29) is 5.91 Å². The molecule has 3 nitrogen and oxygen atoms in total. The van der Waals surface area contributed by atoms with Gasteiger partial charge in [-0.1, -0.05) is 30.9 Å². The molecule has 2 aromatic carbocycles. The maximum atomic E-state index is 11.9. The van der Waals surface area contributed by atoms with Crippen molar-refractivity contribution in [2.24, 2.45) is 0 Å². The summed E-state index contributed by atoms with van der Waals surface area (Å²) in [6.07, 6.45) is 4.98. The number of carbonyl (C=O) groups excluding carboxylic acids is 1. The number of nitrogens with one attached hydrogen (secondary N) is 1. The van der Waals surface area contributed by atoms with Crippen LogP contribution in [-0.2, 0) is 4.79 Å². The first-order chi connectivity index (χ1) is 10.7. The van der Waals surface area contributed by atoms with Crippen molar-refractivity contribution in [3.63, 3.8) is 0 Å². The minimum Gasteiger partial charge on any atom is -0.490 e. The molecule has 1 amide bonds. The zero-order valence-electron chi connectivity index (χ0n) is 12.0. The normalized spacial score (nSPS) is 10.4. The highest BCUT2D eigenvalue weighted by Crippen LogP contribution is 2.14. The number of rotatable bonds is 6. The SMILES string of the molecule is C=CCOc1ccc(/C=C/C(=O)Nc2cccc(I)c2)cc1. The standard InChI is InChI=1S/C18H16INO2/c1-2-12-22-17-9-6-14(7-10-17)8-11-18(21)20-16-5-3-4-15(19)13-16/h2-11,13H,1,12H2,(H,20,21)/b11-8+. The van der Waals surface area contributed by atoms with Crippen molar-refractivity contribution < 1.29 is 9.53 Å². The van der Waals surface area contributed by atoms with Gasteiger partial charge >= 0.3 is 0 Å². The van der Waals surface area contributed by atoms with Gasteiger partial charge in [0.2, 0.25) is 5.91 Å². The topological polar surface area (TPSA) is 38.3 Å². The predicted molar refractivity (Wildman–Crippen MR) is 99.0 cm³/mol. The second-order valence-corrected chi connectivity index (χ2v) is 5.75. The third-order valence-electron chi connectivity index (χ3n) is 2.77. The zero-order valence-corrected chi connectivity index (χ0v) is 14.1. The van der Waals surface area contributed by atoms with Crippen LogP contribution < -0.4 is 10.1 Å². The Balaban J connectivity index is 1.93. The Morgan fingerprint density at radius 2 is 2.00 bits per heavy atom. The maximum absolute atomic E-state index is 11.9. The van der Waals surface area contributed by atoms with Crippen LogP contribution in [0.5, 0.6) is 5.75 Å². The highest BCUT2D eigenvalue weighted by atomic mass is 127. The highest BCUT2D eigenvalue weighted by molar-refractivity contribution is 14.1. The molecule has 0 aliphatic heterocycles. The second-order valence-electron chi connectivity index (χ2n) is 4.50. The molecule has 0 aliphatic carbocycles. The molecule has 2 aromatic rings. The summed E-state index contributed by atoms with van der Waals surface area (Å²) in [5.41, 5.74) is 1.72. The second kappa shape index (κ2) is 8.38. The maximum Gasteiger partial charge on any atom is 0.248 e. The Labute approximate surface area is 143 Å². The molecule has 4 heteroatoms. The molecule has 0 fully saturated rings. The van der Waals surface area contributed by atoms with E-state index in [0.717, 1.165) is 20.6 Å². The zero-order chi connectivity index (χ0) is 15.8. The predicted octanol–water partition coefficient (Wildman–Crippen LogP) is 4.51. The molecular weight excluding hydrogens is 389 g/mol. The van der Waals surface area contributed by atoms with Gasteiger partial charge in [0.15, 0.2) is 0 Å². The quantitative estimate of drug-likeness (QED) is 0.437. The number of amides is 1. The lowest BCUT2D eigenvalue weighted by Crippen LogP contribution is -2.07. The fraction of sp³-hybridized carbons (Fsp3) is 0.0556. The monoisotopic (exact) mass is 405 g/mol. The molecule has 1 N–H and O–H groups in total. The minimum absolute atomic E-state index is 0.158. The van der Waals surface area contributed by atoms with Crippen LogP contribution in [0.2, 0.25) is 0 Å². The summed E-state index contributed by atoms with van der Waals surface area (Å²) in [6, 6.07) is 15.2. The van der Waals surface area contributed by atoms with E-state index in [1.165, 1.54) is 6.08 Å². The van der Waals surface area contributed by atoms with Crippen LogP contribution in [0.25, 0.3) is 6.08 Å².